The lowest BCUT2D eigenvalue weighted by Crippen LogP contribution is -2.54. The normalized spacial score (nSPS) is 19.2. The van der Waals surface area contributed by atoms with Crippen molar-refractivity contribution in [3.63, 3.8) is 0 Å². The summed E-state index contributed by atoms with van der Waals surface area (Å²) in [6.45, 7) is 6.50. The minimum absolute atomic E-state index is 0.0518. The van der Waals surface area contributed by atoms with Crippen molar-refractivity contribution >= 4 is 23.5 Å². The Labute approximate surface area is 172 Å². The summed E-state index contributed by atoms with van der Waals surface area (Å²) in [6, 6.07) is 7.90. The molecule has 2 N–H and O–H groups in total. The highest BCUT2D eigenvalue weighted by molar-refractivity contribution is 6.32. The van der Waals surface area contributed by atoms with Gasteiger partial charge >= 0.3 is 0 Å². The van der Waals surface area contributed by atoms with Gasteiger partial charge in [0, 0.05) is 39.3 Å². The minimum Gasteiger partial charge on any atom is -0.487 e. The SMILES string of the molecule is CN=C(NCC(C)Oc1ccccc1Cl)N1CCN(CC(=O)NC2CC2)CC1. The third kappa shape index (κ3) is 6.27. The first-order chi connectivity index (χ1) is 13.5. The van der Waals surface area contributed by atoms with Crippen molar-refractivity contribution in [2.24, 2.45) is 4.99 Å². The molecule has 2 fully saturated rings. The Morgan fingerprint density at radius 3 is 2.64 bits per heavy atom. The molecule has 1 unspecified atom stereocenters. The zero-order chi connectivity index (χ0) is 19.9. The average Bonchev–Trinajstić information content (AvgIpc) is 3.49. The molecular weight excluding hydrogens is 378 g/mol. The van der Waals surface area contributed by atoms with Crippen molar-refractivity contribution in [1.29, 1.82) is 0 Å². The van der Waals surface area contributed by atoms with Crippen LogP contribution in [0.5, 0.6) is 5.75 Å². The third-order valence-corrected chi connectivity index (χ3v) is 5.22. The van der Waals surface area contributed by atoms with E-state index in [2.05, 4.69) is 25.4 Å². The van der Waals surface area contributed by atoms with Crippen LogP contribution >= 0.6 is 11.6 Å². The number of nitrogens with zero attached hydrogens (tertiary/aromatic N) is 3. The van der Waals surface area contributed by atoms with E-state index in [-0.39, 0.29) is 12.0 Å². The molecule has 1 amide bonds. The molecule has 8 heteroatoms. The number of ether oxygens (including phenoxy) is 1. The number of halogens is 1. The van der Waals surface area contributed by atoms with Crippen LogP contribution in [0, 0.1) is 0 Å². The number of amides is 1. The lowest BCUT2D eigenvalue weighted by Gasteiger charge is -2.36. The second-order valence-electron chi connectivity index (χ2n) is 7.39. The van der Waals surface area contributed by atoms with E-state index >= 15 is 0 Å². The zero-order valence-electron chi connectivity index (χ0n) is 16.7. The van der Waals surface area contributed by atoms with Gasteiger partial charge in [-0.25, -0.2) is 0 Å². The fourth-order valence-corrected chi connectivity index (χ4v) is 3.37. The maximum atomic E-state index is 12.0. The summed E-state index contributed by atoms with van der Waals surface area (Å²) in [7, 11) is 1.79. The lowest BCUT2D eigenvalue weighted by molar-refractivity contribution is -0.122. The van der Waals surface area contributed by atoms with Crippen LogP contribution < -0.4 is 15.4 Å². The largest absolute Gasteiger partial charge is 0.487 e. The van der Waals surface area contributed by atoms with Crippen molar-refractivity contribution in [1.82, 2.24) is 20.4 Å². The first-order valence-corrected chi connectivity index (χ1v) is 10.3. The molecule has 0 radical (unpaired) electrons. The highest BCUT2D eigenvalue weighted by Crippen LogP contribution is 2.24. The van der Waals surface area contributed by atoms with Crippen LogP contribution in [-0.2, 0) is 4.79 Å². The van der Waals surface area contributed by atoms with Crippen LogP contribution in [0.15, 0.2) is 29.3 Å². The molecule has 0 aromatic heterocycles. The Kier molecular flexibility index (Phi) is 7.39. The summed E-state index contributed by atoms with van der Waals surface area (Å²) in [5.74, 6) is 1.69. The molecule has 1 saturated carbocycles. The van der Waals surface area contributed by atoms with Gasteiger partial charge in [-0.1, -0.05) is 23.7 Å². The average molecular weight is 408 g/mol. The maximum Gasteiger partial charge on any atom is 0.234 e. The van der Waals surface area contributed by atoms with Gasteiger partial charge in [-0.05, 0) is 31.9 Å². The number of para-hydroxylation sites is 1. The Morgan fingerprint density at radius 1 is 1.29 bits per heavy atom. The van der Waals surface area contributed by atoms with E-state index in [1.165, 1.54) is 0 Å². The van der Waals surface area contributed by atoms with Gasteiger partial charge in [-0.2, -0.15) is 0 Å². The van der Waals surface area contributed by atoms with E-state index in [1.807, 2.05) is 31.2 Å². The number of rotatable bonds is 7. The van der Waals surface area contributed by atoms with Crippen LogP contribution in [0.4, 0.5) is 0 Å². The van der Waals surface area contributed by atoms with E-state index in [9.17, 15) is 4.79 Å². The third-order valence-electron chi connectivity index (χ3n) is 4.91. The number of hydrogen-bond donors (Lipinski definition) is 2. The van der Waals surface area contributed by atoms with Crippen molar-refractivity contribution in [2.75, 3.05) is 46.3 Å². The van der Waals surface area contributed by atoms with Gasteiger partial charge in [-0.3, -0.25) is 14.7 Å². The molecule has 3 rings (SSSR count). The number of benzene rings is 1. The number of hydrogen-bond acceptors (Lipinski definition) is 4. The van der Waals surface area contributed by atoms with E-state index < -0.39 is 0 Å². The Balaban J connectivity index is 1.39. The predicted octanol–water partition coefficient (Wildman–Crippen LogP) is 1.58. The molecule has 1 saturated heterocycles. The molecule has 1 aliphatic heterocycles. The fraction of sp³-hybridized carbons (Fsp3) is 0.600. The quantitative estimate of drug-likeness (QED) is 0.530. The molecule has 1 heterocycles. The molecule has 28 heavy (non-hydrogen) atoms. The first-order valence-electron chi connectivity index (χ1n) is 9.93. The van der Waals surface area contributed by atoms with Crippen LogP contribution in [0.25, 0.3) is 0 Å². The Morgan fingerprint density at radius 2 is 2.00 bits per heavy atom. The highest BCUT2D eigenvalue weighted by Gasteiger charge is 2.26. The molecule has 1 atom stereocenters. The number of aliphatic imine (C=N–C) groups is 1. The van der Waals surface area contributed by atoms with Crippen molar-refractivity contribution in [3.05, 3.63) is 29.3 Å². The van der Waals surface area contributed by atoms with Gasteiger partial charge in [0.15, 0.2) is 5.96 Å². The molecule has 1 aromatic carbocycles. The lowest BCUT2D eigenvalue weighted by atomic mass is 10.3. The molecule has 2 aliphatic rings. The number of guanidine groups is 1. The summed E-state index contributed by atoms with van der Waals surface area (Å²) in [5, 5.41) is 7.04. The molecule has 1 aromatic rings. The zero-order valence-corrected chi connectivity index (χ0v) is 17.4. The van der Waals surface area contributed by atoms with E-state index in [0.29, 0.717) is 29.9 Å². The first kappa shape index (κ1) is 20.7. The second-order valence-corrected chi connectivity index (χ2v) is 7.80. The van der Waals surface area contributed by atoms with Crippen LogP contribution in [0.1, 0.15) is 19.8 Å². The number of nitrogens with one attached hydrogen (secondary N) is 2. The summed E-state index contributed by atoms with van der Waals surface area (Å²) in [4.78, 5) is 20.8. The Hall–Kier alpha value is -1.99. The molecule has 0 spiro atoms. The second kappa shape index (κ2) is 9.98. The topological polar surface area (TPSA) is 69.2 Å². The smallest absolute Gasteiger partial charge is 0.234 e. The maximum absolute atomic E-state index is 12.0. The molecule has 154 valence electrons. The standard InChI is InChI=1S/C20H30ClN5O2/c1-15(28-18-6-4-3-5-17(18)21)13-23-20(22-2)26-11-9-25(10-12-26)14-19(27)24-16-7-8-16/h3-6,15-16H,7-14H2,1-2H3,(H,22,23)(H,24,27). The van der Waals surface area contributed by atoms with Crippen LogP contribution in [-0.4, -0.2) is 80.1 Å². The Bertz CT molecular complexity index is 687. The molecule has 0 bridgehead atoms. The van der Waals surface area contributed by atoms with Gasteiger partial charge in [0.1, 0.15) is 11.9 Å². The van der Waals surface area contributed by atoms with Crippen molar-refractivity contribution in [2.45, 2.75) is 31.9 Å². The van der Waals surface area contributed by atoms with Crippen LogP contribution in [0.2, 0.25) is 5.02 Å². The summed E-state index contributed by atoms with van der Waals surface area (Å²) < 4.78 is 5.90. The summed E-state index contributed by atoms with van der Waals surface area (Å²) in [5.41, 5.74) is 0. The number of carbonyl (C=O) groups excluding carboxylic acids is 1. The fourth-order valence-electron chi connectivity index (χ4n) is 3.19. The highest BCUT2D eigenvalue weighted by atomic mass is 35.5. The molecular formula is C20H30ClN5O2. The van der Waals surface area contributed by atoms with E-state index in [4.69, 9.17) is 16.3 Å². The van der Waals surface area contributed by atoms with Crippen molar-refractivity contribution < 1.29 is 9.53 Å². The van der Waals surface area contributed by atoms with E-state index in [0.717, 1.165) is 45.0 Å². The van der Waals surface area contributed by atoms with Gasteiger partial charge in [-0.15, -0.1) is 0 Å². The van der Waals surface area contributed by atoms with Crippen molar-refractivity contribution in [3.8, 4) is 5.75 Å². The minimum atomic E-state index is -0.0518. The monoisotopic (exact) mass is 407 g/mol. The van der Waals surface area contributed by atoms with Gasteiger partial charge in [0.2, 0.25) is 5.91 Å². The summed E-state index contributed by atoms with van der Waals surface area (Å²) in [6.07, 6.45) is 2.20. The van der Waals surface area contributed by atoms with E-state index in [1.54, 1.807) is 7.05 Å². The van der Waals surface area contributed by atoms with Gasteiger partial charge < -0.3 is 20.3 Å². The molecule has 1 aliphatic carbocycles. The van der Waals surface area contributed by atoms with Gasteiger partial charge in [0.25, 0.3) is 0 Å². The number of carbonyl (C=O) groups is 1. The number of piperazine rings is 1. The van der Waals surface area contributed by atoms with Crippen LogP contribution in [0.3, 0.4) is 0 Å². The van der Waals surface area contributed by atoms with Gasteiger partial charge in [0.05, 0.1) is 18.1 Å². The summed E-state index contributed by atoms with van der Waals surface area (Å²) >= 11 is 6.15. The molecule has 7 nitrogen and oxygen atoms in total. The predicted molar refractivity (Wildman–Crippen MR) is 112 cm³/mol.